The van der Waals surface area contributed by atoms with E-state index in [0.29, 0.717) is 19.1 Å². The molecule has 0 aromatic carbocycles. The summed E-state index contributed by atoms with van der Waals surface area (Å²) >= 11 is 0. The Bertz CT molecular complexity index is 789. The lowest BCUT2D eigenvalue weighted by Gasteiger charge is -2.31. The van der Waals surface area contributed by atoms with Gasteiger partial charge in [0.15, 0.2) is 0 Å². The third kappa shape index (κ3) is 7.79. The summed E-state index contributed by atoms with van der Waals surface area (Å²) in [7, 11) is 0. The van der Waals surface area contributed by atoms with Crippen LogP contribution >= 0.6 is 0 Å². The fraction of sp³-hybridized carbons (Fsp3) is 0.704. The topological polar surface area (TPSA) is 97.4 Å². The number of esters is 1. The van der Waals surface area contributed by atoms with Gasteiger partial charge in [-0.05, 0) is 57.9 Å². The molecular formula is C27H41NO6. The number of aliphatic hydroxyl groups is 1. The smallest absolute Gasteiger partial charge is 0.308 e. The summed E-state index contributed by atoms with van der Waals surface area (Å²) in [5, 5.41) is 13.5. The van der Waals surface area contributed by atoms with Crippen LogP contribution in [0.25, 0.3) is 0 Å². The number of nitrogens with one attached hydrogen (secondary N) is 1. The number of allylic oxidation sites excluding steroid dienone is 3. The molecule has 7 heteroatoms. The van der Waals surface area contributed by atoms with Gasteiger partial charge in [0.25, 0.3) is 0 Å². The van der Waals surface area contributed by atoms with Gasteiger partial charge in [0.1, 0.15) is 23.9 Å². The molecule has 190 valence electrons. The molecule has 2 saturated heterocycles. The molecule has 4 atom stereocenters. The molecule has 34 heavy (non-hydrogen) atoms. The van der Waals surface area contributed by atoms with Crippen molar-refractivity contribution in [1.29, 1.82) is 0 Å². The largest absolute Gasteiger partial charge is 0.458 e. The Labute approximate surface area is 203 Å². The number of ether oxygens (including phenoxy) is 3. The first-order valence-corrected chi connectivity index (χ1v) is 12.7. The van der Waals surface area contributed by atoms with Crippen LogP contribution in [0.15, 0.2) is 36.0 Å². The average molecular weight is 476 g/mol. The highest BCUT2D eigenvalue weighted by molar-refractivity contribution is 5.87. The van der Waals surface area contributed by atoms with Gasteiger partial charge in [-0.15, -0.1) is 0 Å². The highest BCUT2D eigenvalue weighted by atomic mass is 16.6. The summed E-state index contributed by atoms with van der Waals surface area (Å²) in [6.45, 7) is 8.64. The summed E-state index contributed by atoms with van der Waals surface area (Å²) in [6, 6.07) is 0.189. The van der Waals surface area contributed by atoms with Crippen molar-refractivity contribution in [2.24, 2.45) is 11.8 Å². The maximum absolute atomic E-state index is 12.2. The number of aliphatic hydroxyl groups excluding tert-OH is 1. The molecule has 0 aromatic rings. The van der Waals surface area contributed by atoms with Crippen molar-refractivity contribution in [2.45, 2.75) is 96.2 Å². The van der Waals surface area contributed by atoms with E-state index in [1.165, 1.54) is 11.6 Å². The fourth-order valence-corrected chi connectivity index (χ4v) is 4.52. The van der Waals surface area contributed by atoms with Crippen molar-refractivity contribution in [3.05, 3.63) is 36.0 Å². The zero-order valence-electron chi connectivity index (χ0n) is 21.0. The molecule has 1 saturated carbocycles. The van der Waals surface area contributed by atoms with Crippen LogP contribution in [-0.2, 0) is 23.8 Å². The van der Waals surface area contributed by atoms with Crippen molar-refractivity contribution in [2.75, 3.05) is 13.2 Å². The lowest BCUT2D eigenvalue weighted by molar-refractivity contribution is -0.149. The van der Waals surface area contributed by atoms with Crippen molar-refractivity contribution in [1.82, 2.24) is 5.32 Å². The molecule has 1 aliphatic carbocycles. The summed E-state index contributed by atoms with van der Waals surface area (Å²) in [5.74, 6) is 0.0273. The second-order valence-corrected chi connectivity index (χ2v) is 10.3. The van der Waals surface area contributed by atoms with Gasteiger partial charge < -0.3 is 24.6 Å². The predicted octanol–water partition coefficient (Wildman–Crippen LogP) is 3.62. The van der Waals surface area contributed by atoms with Crippen LogP contribution in [0, 0.1) is 11.8 Å². The maximum Gasteiger partial charge on any atom is 0.308 e. The molecule has 0 bridgehead atoms. The monoisotopic (exact) mass is 475 g/mol. The van der Waals surface area contributed by atoms with Crippen molar-refractivity contribution >= 4 is 11.9 Å². The molecule has 0 radical (unpaired) electrons. The normalized spacial score (nSPS) is 32.9. The lowest BCUT2D eigenvalue weighted by atomic mass is 9.83. The molecule has 2 heterocycles. The number of rotatable bonds is 9. The standard InChI is InChI=1S/C27H41NO6/c1-18(2)26(31)34-20(4)7-14-24(29)28-22-11-9-21(10-12-22)8-5-19(3)6-13-23-25(30)27(17-33-27)15-16-32-23/h5-7,13-14,18,20-23,25,30H,8-12,15-17H2,1-4H3,(H,28,29)/b13-6+,14-7-,19-5+/t20-,21-,22+,23+,25+,27+/m0/s1. The highest BCUT2D eigenvalue weighted by Gasteiger charge is 2.55. The first kappa shape index (κ1) is 26.6. The van der Waals surface area contributed by atoms with Gasteiger partial charge in [-0.3, -0.25) is 9.59 Å². The first-order valence-electron chi connectivity index (χ1n) is 12.7. The van der Waals surface area contributed by atoms with Gasteiger partial charge in [0, 0.05) is 18.5 Å². The molecule has 0 aromatic heterocycles. The zero-order chi connectivity index (χ0) is 24.7. The van der Waals surface area contributed by atoms with Gasteiger partial charge in [-0.1, -0.05) is 37.6 Å². The van der Waals surface area contributed by atoms with Crippen molar-refractivity contribution in [3.8, 4) is 0 Å². The number of amides is 1. The van der Waals surface area contributed by atoms with Crippen LogP contribution < -0.4 is 5.32 Å². The van der Waals surface area contributed by atoms with E-state index in [4.69, 9.17) is 14.2 Å². The van der Waals surface area contributed by atoms with E-state index >= 15 is 0 Å². The minimum absolute atomic E-state index is 0.137. The molecule has 1 spiro atoms. The van der Waals surface area contributed by atoms with Gasteiger partial charge in [-0.2, -0.15) is 0 Å². The molecule has 3 rings (SSSR count). The molecule has 0 unspecified atom stereocenters. The fourth-order valence-electron chi connectivity index (χ4n) is 4.52. The molecule has 3 aliphatic rings. The Hall–Kier alpha value is -1.96. The van der Waals surface area contributed by atoms with Crippen LogP contribution in [0.5, 0.6) is 0 Å². The summed E-state index contributed by atoms with van der Waals surface area (Å²) in [6.07, 6.45) is 13.9. The van der Waals surface area contributed by atoms with Gasteiger partial charge in [-0.25, -0.2) is 0 Å². The first-order chi connectivity index (χ1) is 16.2. The Morgan fingerprint density at radius 1 is 1.18 bits per heavy atom. The molecular weight excluding hydrogens is 434 g/mol. The highest BCUT2D eigenvalue weighted by Crippen LogP contribution is 2.40. The van der Waals surface area contributed by atoms with E-state index < -0.39 is 12.2 Å². The predicted molar refractivity (Wildman–Crippen MR) is 130 cm³/mol. The van der Waals surface area contributed by atoms with Crippen LogP contribution in [0.4, 0.5) is 0 Å². The SMILES string of the molecule is CC(/C=C/[C@H]1OCC[C@@]2(CO2)[C@@H]1O)=C\C[C@H]1CC[C@@H](NC(=O)/C=C\[C@H](C)OC(=O)C(C)C)CC1. The Morgan fingerprint density at radius 3 is 2.53 bits per heavy atom. The zero-order valence-corrected chi connectivity index (χ0v) is 21.0. The van der Waals surface area contributed by atoms with Gasteiger partial charge in [0.05, 0.1) is 19.1 Å². The third-order valence-electron chi connectivity index (χ3n) is 7.01. The summed E-state index contributed by atoms with van der Waals surface area (Å²) < 4.78 is 16.4. The molecule has 7 nitrogen and oxygen atoms in total. The second kappa shape index (κ2) is 12.1. The maximum atomic E-state index is 12.2. The minimum atomic E-state index is -0.594. The molecule has 3 fully saturated rings. The second-order valence-electron chi connectivity index (χ2n) is 10.3. The third-order valence-corrected chi connectivity index (χ3v) is 7.01. The van der Waals surface area contributed by atoms with Crippen LogP contribution in [-0.4, -0.2) is 60.2 Å². The number of carbonyl (C=O) groups excluding carboxylic acids is 2. The van der Waals surface area contributed by atoms with E-state index in [0.717, 1.165) is 38.5 Å². The van der Waals surface area contributed by atoms with Gasteiger partial charge >= 0.3 is 5.97 Å². The Morgan fingerprint density at radius 2 is 1.88 bits per heavy atom. The minimum Gasteiger partial charge on any atom is -0.458 e. The number of epoxide rings is 1. The average Bonchev–Trinajstić information content (AvgIpc) is 3.58. The van der Waals surface area contributed by atoms with Crippen molar-refractivity contribution < 1.29 is 28.9 Å². The van der Waals surface area contributed by atoms with E-state index in [9.17, 15) is 14.7 Å². The number of hydrogen-bond acceptors (Lipinski definition) is 6. The molecule has 2 N–H and O–H groups in total. The Kier molecular flexibility index (Phi) is 9.51. The van der Waals surface area contributed by atoms with Crippen LogP contribution in [0.2, 0.25) is 0 Å². The van der Waals surface area contributed by atoms with E-state index in [1.54, 1.807) is 26.8 Å². The van der Waals surface area contributed by atoms with Gasteiger partial charge in [0.2, 0.25) is 5.91 Å². The van der Waals surface area contributed by atoms with E-state index in [-0.39, 0.29) is 35.5 Å². The van der Waals surface area contributed by atoms with E-state index in [2.05, 4.69) is 18.3 Å². The van der Waals surface area contributed by atoms with Crippen LogP contribution in [0.1, 0.15) is 66.2 Å². The quantitative estimate of drug-likeness (QED) is 0.229. The lowest BCUT2D eigenvalue weighted by Crippen LogP contribution is -2.46. The van der Waals surface area contributed by atoms with E-state index in [1.807, 2.05) is 12.2 Å². The number of carbonyl (C=O) groups is 2. The number of hydrogen-bond donors (Lipinski definition) is 2. The summed E-state index contributed by atoms with van der Waals surface area (Å²) in [4.78, 5) is 23.8. The Balaban J connectivity index is 1.34. The molecule has 1 amide bonds. The van der Waals surface area contributed by atoms with Crippen molar-refractivity contribution in [3.63, 3.8) is 0 Å². The summed E-state index contributed by atoms with van der Waals surface area (Å²) in [5.41, 5.74) is 0.799. The van der Waals surface area contributed by atoms with Crippen LogP contribution in [0.3, 0.4) is 0 Å². The molecule has 2 aliphatic heterocycles.